The van der Waals surface area contributed by atoms with Gasteiger partial charge in [-0.2, -0.15) is 0 Å². The second-order valence-electron chi connectivity index (χ2n) is 5.58. The molecule has 2 heteroatoms. The van der Waals surface area contributed by atoms with E-state index in [0.29, 0.717) is 17.5 Å². The summed E-state index contributed by atoms with van der Waals surface area (Å²) in [5.41, 5.74) is 6.69. The van der Waals surface area contributed by atoms with Crippen molar-refractivity contribution in [3.05, 3.63) is 0 Å². The highest BCUT2D eigenvalue weighted by atomic mass is 15.2. The summed E-state index contributed by atoms with van der Waals surface area (Å²) in [6, 6.07) is 1.15. The van der Waals surface area contributed by atoms with E-state index in [1.165, 1.54) is 38.8 Å². The van der Waals surface area contributed by atoms with E-state index < -0.39 is 0 Å². The van der Waals surface area contributed by atoms with E-state index in [1.807, 2.05) is 0 Å². The lowest BCUT2D eigenvalue weighted by Crippen LogP contribution is -2.62. The molecule has 0 aromatic rings. The van der Waals surface area contributed by atoms with Crippen molar-refractivity contribution in [3.63, 3.8) is 0 Å². The predicted octanol–water partition coefficient (Wildman–Crippen LogP) is 1.60. The van der Waals surface area contributed by atoms with E-state index in [1.54, 1.807) is 0 Å². The Balaban J connectivity index is 1.87. The molecular formula is C11H22N2. The predicted molar refractivity (Wildman–Crippen MR) is 55.6 cm³/mol. The van der Waals surface area contributed by atoms with Crippen LogP contribution in [0.25, 0.3) is 0 Å². The third kappa shape index (κ3) is 1.89. The molecule has 1 aliphatic heterocycles. The molecule has 76 valence electrons. The number of likely N-dealkylation sites (tertiary alicyclic amines) is 1. The molecule has 0 aromatic carbocycles. The fourth-order valence-corrected chi connectivity index (χ4v) is 2.88. The number of nitrogens with zero attached hydrogens (tertiary/aromatic N) is 1. The van der Waals surface area contributed by atoms with Crippen LogP contribution >= 0.6 is 0 Å². The van der Waals surface area contributed by atoms with Gasteiger partial charge in [-0.25, -0.2) is 0 Å². The topological polar surface area (TPSA) is 29.3 Å². The van der Waals surface area contributed by atoms with Gasteiger partial charge in [0.05, 0.1) is 0 Å². The van der Waals surface area contributed by atoms with Crippen LogP contribution in [0.2, 0.25) is 0 Å². The summed E-state index contributed by atoms with van der Waals surface area (Å²) in [6.45, 7) is 7.20. The maximum atomic E-state index is 6.14. The molecule has 2 fully saturated rings. The first-order chi connectivity index (χ1) is 6.08. The van der Waals surface area contributed by atoms with E-state index >= 15 is 0 Å². The Morgan fingerprint density at radius 1 is 1.15 bits per heavy atom. The van der Waals surface area contributed by atoms with Gasteiger partial charge < -0.3 is 5.73 Å². The van der Waals surface area contributed by atoms with Crippen LogP contribution in [0.4, 0.5) is 0 Å². The molecule has 0 radical (unpaired) electrons. The normalized spacial score (nSPS) is 39.9. The zero-order chi connectivity index (χ0) is 9.47. The Bertz CT molecular complexity index is 181. The Morgan fingerprint density at radius 2 is 1.77 bits per heavy atom. The molecule has 1 aliphatic carbocycles. The third-order valence-corrected chi connectivity index (χ3v) is 3.51. The summed E-state index contributed by atoms with van der Waals surface area (Å²) in [7, 11) is 0. The lowest BCUT2D eigenvalue weighted by Gasteiger charge is -2.52. The van der Waals surface area contributed by atoms with Crippen LogP contribution in [0, 0.1) is 5.41 Å². The van der Waals surface area contributed by atoms with Crippen LogP contribution in [0.5, 0.6) is 0 Å². The van der Waals surface area contributed by atoms with Crippen LogP contribution in [-0.4, -0.2) is 30.1 Å². The van der Waals surface area contributed by atoms with Gasteiger partial charge in [0.25, 0.3) is 0 Å². The minimum absolute atomic E-state index is 0.449. The summed E-state index contributed by atoms with van der Waals surface area (Å²) >= 11 is 0. The lowest BCUT2D eigenvalue weighted by molar-refractivity contribution is -0.0242. The molecule has 1 saturated heterocycles. The quantitative estimate of drug-likeness (QED) is 0.667. The summed E-state index contributed by atoms with van der Waals surface area (Å²) in [6.07, 6.45) is 5.29. The van der Waals surface area contributed by atoms with Crippen molar-refractivity contribution >= 4 is 0 Å². The second-order valence-corrected chi connectivity index (χ2v) is 5.58. The molecule has 2 atom stereocenters. The second kappa shape index (κ2) is 3.25. The van der Waals surface area contributed by atoms with Gasteiger partial charge in [-0.15, -0.1) is 0 Å². The van der Waals surface area contributed by atoms with Crippen LogP contribution in [0.15, 0.2) is 0 Å². The van der Waals surface area contributed by atoms with Gasteiger partial charge in [0.2, 0.25) is 0 Å². The number of hydrogen-bond donors (Lipinski definition) is 1. The van der Waals surface area contributed by atoms with Crippen molar-refractivity contribution in [1.29, 1.82) is 0 Å². The van der Waals surface area contributed by atoms with Crippen LogP contribution < -0.4 is 5.73 Å². The summed E-state index contributed by atoms with van der Waals surface area (Å²) in [4.78, 5) is 2.59. The van der Waals surface area contributed by atoms with Crippen molar-refractivity contribution in [1.82, 2.24) is 4.90 Å². The van der Waals surface area contributed by atoms with E-state index in [9.17, 15) is 0 Å². The average Bonchev–Trinajstić information content (AvgIpc) is 2.01. The smallest absolute Gasteiger partial charge is 0.0247 e. The van der Waals surface area contributed by atoms with Crippen molar-refractivity contribution < 1.29 is 0 Å². The van der Waals surface area contributed by atoms with Gasteiger partial charge >= 0.3 is 0 Å². The molecule has 1 heterocycles. The van der Waals surface area contributed by atoms with Crippen molar-refractivity contribution in [3.8, 4) is 0 Å². The van der Waals surface area contributed by atoms with E-state index in [-0.39, 0.29) is 0 Å². The summed E-state index contributed by atoms with van der Waals surface area (Å²) in [5, 5.41) is 0. The molecule has 0 amide bonds. The molecule has 2 rings (SSSR count). The molecule has 0 aromatic heterocycles. The van der Waals surface area contributed by atoms with Gasteiger partial charge in [0.1, 0.15) is 0 Å². The van der Waals surface area contributed by atoms with Crippen molar-refractivity contribution in [2.75, 3.05) is 13.1 Å². The number of rotatable bonds is 1. The van der Waals surface area contributed by atoms with Gasteiger partial charge in [0, 0.05) is 25.2 Å². The van der Waals surface area contributed by atoms with Gasteiger partial charge in [0.15, 0.2) is 0 Å². The van der Waals surface area contributed by atoms with E-state index in [4.69, 9.17) is 5.73 Å². The zero-order valence-electron chi connectivity index (χ0n) is 8.92. The van der Waals surface area contributed by atoms with Gasteiger partial charge in [-0.05, 0) is 18.3 Å². The summed E-state index contributed by atoms with van der Waals surface area (Å²) in [5.74, 6) is 0. The maximum absolute atomic E-state index is 6.14. The first-order valence-electron chi connectivity index (χ1n) is 5.58. The van der Waals surface area contributed by atoms with Gasteiger partial charge in [-0.1, -0.05) is 26.7 Å². The molecule has 0 spiro atoms. The minimum atomic E-state index is 0.449. The monoisotopic (exact) mass is 182 g/mol. The first kappa shape index (κ1) is 9.47. The van der Waals surface area contributed by atoms with E-state index in [2.05, 4.69) is 18.7 Å². The minimum Gasteiger partial charge on any atom is -0.326 e. The summed E-state index contributed by atoms with van der Waals surface area (Å²) < 4.78 is 0. The number of hydrogen-bond acceptors (Lipinski definition) is 2. The highest BCUT2D eigenvalue weighted by Crippen LogP contribution is 2.34. The SMILES string of the molecule is CC1(C)CN(C2CCCCC2N)C1. The van der Waals surface area contributed by atoms with Crippen LogP contribution in [-0.2, 0) is 0 Å². The highest BCUT2D eigenvalue weighted by molar-refractivity contribution is 4.96. The van der Waals surface area contributed by atoms with Crippen LogP contribution in [0.1, 0.15) is 39.5 Å². The Hall–Kier alpha value is -0.0800. The third-order valence-electron chi connectivity index (χ3n) is 3.51. The lowest BCUT2D eigenvalue weighted by atomic mass is 9.79. The zero-order valence-corrected chi connectivity index (χ0v) is 8.92. The molecule has 2 unspecified atom stereocenters. The highest BCUT2D eigenvalue weighted by Gasteiger charge is 2.40. The van der Waals surface area contributed by atoms with Crippen molar-refractivity contribution in [2.45, 2.75) is 51.6 Å². The maximum Gasteiger partial charge on any atom is 0.0247 e. The Labute approximate surface area is 81.5 Å². The average molecular weight is 182 g/mol. The van der Waals surface area contributed by atoms with Crippen LogP contribution in [0.3, 0.4) is 0 Å². The van der Waals surface area contributed by atoms with Gasteiger partial charge in [-0.3, -0.25) is 4.90 Å². The fourth-order valence-electron chi connectivity index (χ4n) is 2.88. The molecule has 1 saturated carbocycles. The van der Waals surface area contributed by atoms with E-state index in [0.717, 1.165) is 0 Å². The number of nitrogens with two attached hydrogens (primary N) is 1. The van der Waals surface area contributed by atoms with Crippen molar-refractivity contribution in [2.24, 2.45) is 11.1 Å². The Kier molecular flexibility index (Phi) is 2.37. The molecule has 2 nitrogen and oxygen atoms in total. The molecular weight excluding hydrogens is 160 g/mol. The fraction of sp³-hybridized carbons (Fsp3) is 1.00. The molecule has 0 bridgehead atoms. The first-order valence-corrected chi connectivity index (χ1v) is 5.58. The standard InChI is InChI=1S/C11H22N2/c1-11(2)7-13(8-11)10-6-4-3-5-9(10)12/h9-10H,3-8,12H2,1-2H3. The largest absolute Gasteiger partial charge is 0.326 e. The molecule has 2 N–H and O–H groups in total. The molecule has 13 heavy (non-hydrogen) atoms. The Morgan fingerprint density at radius 3 is 2.31 bits per heavy atom. The molecule has 2 aliphatic rings.